The maximum atomic E-state index is 13.3. The first-order valence-electron chi connectivity index (χ1n) is 12.4. The quantitative estimate of drug-likeness (QED) is 0.397. The number of nitrogens with zero attached hydrogens (tertiary/aromatic N) is 4. The summed E-state index contributed by atoms with van der Waals surface area (Å²) in [4.78, 5) is 26.2. The average molecular weight is 488 g/mol. The predicted octanol–water partition coefficient (Wildman–Crippen LogP) is 4.13. The third-order valence-corrected chi connectivity index (χ3v) is 8.75. The van der Waals surface area contributed by atoms with E-state index in [-0.39, 0.29) is 23.3 Å². The van der Waals surface area contributed by atoms with Crippen molar-refractivity contribution in [2.45, 2.75) is 50.4 Å². The number of nitrogens with one attached hydrogen (secondary N) is 1. The number of para-hydroxylation sites is 1. The number of fused-ring (bicyclic) bond motifs is 5. The van der Waals surface area contributed by atoms with Crippen molar-refractivity contribution in [3.8, 4) is 0 Å². The van der Waals surface area contributed by atoms with Gasteiger partial charge in [-0.1, -0.05) is 60.6 Å². The van der Waals surface area contributed by atoms with Gasteiger partial charge in [0.25, 0.3) is 5.56 Å². The van der Waals surface area contributed by atoms with Crippen LogP contribution in [-0.2, 0) is 11.3 Å². The summed E-state index contributed by atoms with van der Waals surface area (Å²) in [5.74, 6) is 3.00. The van der Waals surface area contributed by atoms with Gasteiger partial charge < -0.3 is 5.32 Å². The number of hydrogen-bond donors (Lipinski definition) is 1. The predicted molar refractivity (Wildman–Crippen MR) is 138 cm³/mol. The first-order valence-corrected chi connectivity index (χ1v) is 13.4. The number of aromatic nitrogens is 4. The summed E-state index contributed by atoms with van der Waals surface area (Å²) in [5.41, 5.74) is 1.66. The molecule has 0 radical (unpaired) electrons. The number of carbonyl (C=O) groups is 1. The smallest absolute Gasteiger partial charge is 0.263 e. The third kappa shape index (κ3) is 4.14. The molecular formula is C27H29N5O2S. The molecule has 8 heteroatoms. The van der Waals surface area contributed by atoms with E-state index in [0.717, 1.165) is 22.9 Å². The van der Waals surface area contributed by atoms with Crippen LogP contribution < -0.4 is 10.9 Å². The highest BCUT2D eigenvalue weighted by molar-refractivity contribution is 7.99. The second-order valence-corrected chi connectivity index (χ2v) is 10.9. The van der Waals surface area contributed by atoms with E-state index in [2.05, 4.69) is 22.4 Å². The van der Waals surface area contributed by atoms with Gasteiger partial charge in [0.1, 0.15) is 0 Å². The Morgan fingerprint density at radius 1 is 1.09 bits per heavy atom. The number of amides is 1. The minimum atomic E-state index is -0.0988. The van der Waals surface area contributed by atoms with Crippen molar-refractivity contribution >= 4 is 34.3 Å². The van der Waals surface area contributed by atoms with Gasteiger partial charge >= 0.3 is 0 Å². The molecule has 2 aromatic carbocycles. The minimum absolute atomic E-state index is 0.0175. The lowest BCUT2D eigenvalue weighted by Gasteiger charge is -2.28. The summed E-state index contributed by atoms with van der Waals surface area (Å²) >= 11 is 1.36. The molecule has 0 saturated heterocycles. The fraction of sp³-hybridized carbons (Fsp3) is 0.407. The number of thioether (sulfide) groups is 1. The maximum absolute atomic E-state index is 13.3. The first-order chi connectivity index (χ1) is 17.1. The summed E-state index contributed by atoms with van der Waals surface area (Å²) in [6, 6.07) is 17.6. The second kappa shape index (κ2) is 9.15. The molecule has 1 N–H and O–H groups in total. The van der Waals surface area contributed by atoms with Gasteiger partial charge in [-0.3, -0.25) is 18.6 Å². The average Bonchev–Trinajstić information content (AvgIpc) is 3.62. The van der Waals surface area contributed by atoms with Crippen molar-refractivity contribution in [1.29, 1.82) is 0 Å². The Hall–Kier alpha value is -3.13. The summed E-state index contributed by atoms with van der Waals surface area (Å²) in [6.07, 6.45) is 5.26. The van der Waals surface area contributed by atoms with E-state index in [0.29, 0.717) is 28.8 Å². The second-order valence-electron chi connectivity index (χ2n) is 10.00. The summed E-state index contributed by atoms with van der Waals surface area (Å²) in [5, 5.41) is 13.2. The van der Waals surface area contributed by atoms with Crippen LogP contribution in [-0.4, -0.2) is 36.9 Å². The number of hydrogen-bond acceptors (Lipinski definition) is 5. The molecule has 0 aliphatic heterocycles. The monoisotopic (exact) mass is 487 g/mol. The molecule has 2 heterocycles. The highest BCUT2D eigenvalue weighted by Crippen LogP contribution is 2.49. The van der Waals surface area contributed by atoms with E-state index in [4.69, 9.17) is 0 Å². The fourth-order valence-corrected chi connectivity index (χ4v) is 6.93. The van der Waals surface area contributed by atoms with Gasteiger partial charge in [-0.25, -0.2) is 0 Å². The van der Waals surface area contributed by atoms with Crippen LogP contribution in [0.4, 0.5) is 0 Å². The van der Waals surface area contributed by atoms with Crippen LogP contribution in [0.25, 0.3) is 16.7 Å². The molecule has 0 spiro atoms. The van der Waals surface area contributed by atoms with Gasteiger partial charge in [-0.05, 0) is 61.6 Å². The van der Waals surface area contributed by atoms with Gasteiger partial charge in [0, 0.05) is 6.04 Å². The van der Waals surface area contributed by atoms with E-state index in [9.17, 15) is 9.59 Å². The lowest BCUT2D eigenvalue weighted by molar-refractivity contribution is -0.119. The van der Waals surface area contributed by atoms with Crippen LogP contribution in [0.5, 0.6) is 0 Å². The van der Waals surface area contributed by atoms with Crippen LogP contribution in [0, 0.1) is 17.8 Å². The van der Waals surface area contributed by atoms with Crippen LogP contribution in [0.2, 0.25) is 0 Å². The third-order valence-electron chi connectivity index (χ3n) is 7.82. The lowest BCUT2D eigenvalue weighted by Crippen LogP contribution is -2.40. The van der Waals surface area contributed by atoms with Crippen molar-refractivity contribution < 1.29 is 4.79 Å². The molecule has 1 amide bonds. The normalized spacial score (nSPS) is 22.1. The van der Waals surface area contributed by atoms with Crippen molar-refractivity contribution in [3.05, 3.63) is 70.5 Å². The molecule has 180 valence electrons. The standard InChI is InChI=1S/C27H29N5O2S/c1-17(22-14-19-11-12-20(22)13-19)28-24(33)16-35-27-30-29-26-31(15-18-7-3-2-4-8-18)25(34)21-9-5-6-10-23(21)32(26)27/h2-10,17,19-20,22H,11-16H2,1H3,(H,28,33). The van der Waals surface area contributed by atoms with Crippen molar-refractivity contribution in [2.75, 3.05) is 5.75 Å². The lowest BCUT2D eigenvalue weighted by atomic mass is 9.84. The first kappa shape index (κ1) is 22.3. The Kier molecular flexibility index (Phi) is 5.84. The Morgan fingerprint density at radius 3 is 2.66 bits per heavy atom. The topological polar surface area (TPSA) is 81.3 Å². The summed E-state index contributed by atoms with van der Waals surface area (Å²) in [7, 11) is 0. The van der Waals surface area contributed by atoms with E-state index in [1.54, 1.807) is 4.57 Å². The molecule has 2 fully saturated rings. The SMILES string of the molecule is CC(NC(=O)CSc1nnc2n(Cc3ccccc3)c(=O)c3ccccc3n12)C1CC2CCC1C2. The van der Waals surface area contributed by atoms with Crippen molar-refractivity contribution in [2.24, 2.45) is 17.8 Å². The molecular weight excluding hydrogens is 458 g/mol. The Bertz CT molecular complexity index is 1450. The van der Waals surface area contributed by atoms with Crippen LogP contribution in [0.1, 0.15) is 38.2 Å². The zero-order chi connectivity index (χ0) is 23.9. The van der Waals surface area contributed by atoms with Gasteiger partial charge in [0.15, 0.2) is 5.16 Å². The molecule has 6 rings (SSSR count). The fourth-order valence-electron chi connectivity index (χ4n) is 6.17. The number of benzene rings is 2. The maximum Gasteiger partial charge on any atom is 0.263 e. The number of rotatable bonds is 7. The van der Waals surface area contributed by atoms with Gasteiger partial charge in [-0.15, -0.1) is 10.2 Å². The highest BCUT2D eigenvalue weighted by atomic mass is 32.2. The molecule has 4 atom stereocenters. The zero-order valence-electron chi connectivity index (χ0n) is 19.8. The van der Waals surface area contributed by atoms with E-state index < -0.39 is 0 Å². The van der Waals surface area contributed by atoms with E-state index in [1.807, 2.05) is 59.0 Å². The van der Waals surface area contributed by atoms with Crippen molar-refractivity contribution in [3.63, 3.8) is 0 Å². The molecule has 7 nitrogen and oxygen atoms in total. The zero-order valence-corrected chi connectivity index (χ0v) is 20.6. The Morgan fingerprint density at radius 2 is 1.89 bits per heavy atom. The Labute approximate surface area is 207 Å². The molecule has 35 heavy (non-hydrogen) atoms. The van der Waals surface area contributed by atoms with Crippen LogP contribution in [0.15, 0.2) is 64.5 Å². The van der Waals surface area contributed by atoms with E-state index in [1.165, 1.54) is 37.4 Å². The molecule has 2 aliphatic carbocycles. The summed E-state index contributed by atoms with van der Waals surface area (Å²) in [6.45, 7) is 2.55. The summed E-state index contributed by atoms with van der Waals surface area (Å²) < 4.78 is 3.56. The number of carbonyl (C=O) groups excluding carboxylic acids is 1. The highest BCUT2D eigenvalue weighted by Gasteiger charge is 2.42. The van der Waals surface area contributed by atoms with E-state index >= 15 is 0 Å². The van der Waals surface area contributed by atoms with Crippen LogP contribution in [0.3, 0.4) is 0 Å². The van der Waals surface area contributed by atoms with Gasteiger partial charge in [0.05, 0.1) is 23.2 Å². The Balaban J connectivity index is 1.26. The molecule has 2 bridgehead atoms. The molecule has 2 saturated carbocycles. The molecule has 4 unspecified atom stereocenters. The molecule has 2 aromatic heterocycles. The van der Waals surface area contributed by atoms with Gasteiger partial charge in [0.2, 0.25) is 11.7 Å². The van der Waals surface area contributed by atoms with Gasteiger partial charge in [-0.2, -0.15) is 0 Å². The molecule has 4 aromatic rings. The molecule has 2 aliphatic rings. The van der Waals surface area contributed by atoms with Crippen molar-refractivity contribution in [1.82, 2.24) is 24.5 Å². The van der Waals surface area contributed by atoms with Crippen LogP contribution >= 0.6 is 11.8 Å². The minimum Gasteiger partial charge on any atom is -0.353 e. The largest absolute Gasteiger partial charge is 0.353 e.